The van der Waals surface area contributed by atoms with Gasteiger partial charge in [-0.15, -0.1) is 0 Å². The zero-order valence-electron chi connectivity index (χ0n) is 14.3. The van der Waals surface area contributed by atoms with Gasteiger partial charge in [0.15, 0.2) is 0 Å². The van der Waals surface area contributed by atoms with Crippen LogP contribution in [0.5, 0.6) is 0 Å². The number of ether oxygens (including phenoxy) is 1. The molecule has 2 aromatic rings. The molecule has 0 saturated heterocycles. The Kier molecular flexibility index (Phi) is 8.03. The second-order valence-electron chi connectivity index (χ2n) is 5.99. The highest BCUT2D eigenvalue weighted by molar-refractivity contribution is 9.10. The Bertz CT molecular complexity index is 617. The van der Waals surface area contributed by atoms with E-state index in [0.29, 0.717) is 12.2 Å². The van der Waals surface area contributed by atoms with Crippen LogP contribution in [-0.4, -0.2) is 12.6 Å². The largest absolute Gasteiger partial charge is 0.462 e. The van der Waals surface area contributed by atoms with Gasteiger partial charge in [0.25, 0.3) is 0 Å². The summed E-state index contributed by atoms with van der Waals surface area (Å²) >= 11 is 3.43. The molecule has 128 valence electrons. The Morgan fingerprint density at radius 1 is 0.833 bits per heavy atom. The van der Waals surface area contributed by atoms with Gasteiger partial charge in [0, 0.05) is 4.47 Å². The normalized spacial score (nSPS) is 10.6. The van der Waals surface area contributed by atoms with Crippen LogP contribution in [0, 0.1) is 0 Å². The number of hydrogen-bond acceptors (Lipinski definition) is 2. The van der Waals surface area contributed by atoms with Gasteiger partial charge in [-0.2, -0.15) is 0 Å². The predicted molar refractivity (Wildman–Crippen MR) is 103 cm³/mol. The molecule has 0 aliphatic heterocycles. The maximum atomic E-state index is 12.0. The highest BCUT2D eigenvalue weighted by atomic mass is 79.9. The van der Waals surface area contributed by atoms with Crippen LogP contribution in [0.1, 0.15) is 55.8 Å². The highest BCUT2D eigenvalue weighted by Crippen LogP contribution is 2.22. The van der Waals surface area contributed by atoms with Gasteiger partial charge in [0.2, 0.25) is 0 Å². The SMILES string of the molecule is CCCCCCCCOC(=O)c1ccc(-c2ccc(Br)cc2)cc1. The van der Waals surface area contributed by atoms with Crippen molar-refractivity contribution < 1.29 is 9.53 Å². The molecule has 2 rings (SSSR count). The van der Waals surface area contributed by atoms with Crippen molar-refractivity contribution in [3.05, 3.63) is 58.6 Å². The van der Waals surface area contributed by atoms with Crippen LogP contribution >= 0.6 is 15.9 Å². The van der Waals surface area contributed by atoms with Crippen molar-refractivity contribution in [2.75, 3.05) is 6.61 Å². The topological polar surface area (TPSA) is 26.3 Å². The lowest BCUT2D eigenvalue weighted by molar-refractivity contribution is 0.0497. The molecule has 0 amide bonds. The minimum absolute atomic E-state index is 0.231. The van der Waals surface area contributed by atoms with Gasteiger partial charge in [-0.1, -0.05) is 79.2 Å². The van der Waals surface area contributed by atoms with Gasteiger partial charge in [0.1, 0.15) is 0 Å². The fourth-order valence-electron chi connectivity index (χ4n) is 2.57. The molecule has 0 bridgehead atoms. The third kappa shape index (κ3) is 6.12. The van der Waals surface area contributed by atoms with Crippen LogP contribution in [0.2, 0.25) is 0 Å². The molecule has 0 radical (unpaired) electrons. The summed E-state index contributed by atoms with van der Waals surface area (Å²) in [5.41, 5.74) is 2.84. The molecule has 0 unspecified atom stereocenters. The third-order valence-electron chi connectivity index (χ3n) is 4.03. The molecule has 0 spiro atoms. The average Bonchev–Trinajstić information content (AvgIpc) is 2.61. The number of benzene rings is 2. The van der Waals surface area contributed by atoms with Gasteiger partial charge in [0.05, 0.1) is 12.2 Å². The summed E-state index contributed by atoms with van der Waals surface area (Å²) in [7, 11) is 0. The molecule has 3 heteroatoms. The van der Waals surface area contributed by atoms with E-state index in [1.165, 1.54) is 25.7 Å². The molecule has 0 fully saturated rings. The Hall–Kier alpha value is -1.61. The van der Waals surface area contributed by atoms with Crippen LogP contribution in [-0.2, 0) is 4.74 Å². The number of halogens is 1. The van der Waals surface area contributed by atoms with E-state index in [4.69, 9.17) is 4.74 Å². The van der Waals surface area contributed by atoms with E-state index in [0.717, 1.165) is 28.4 Å². The lowest BCUT2D eigenvalue weighted by Crippen LogP contribution is -2.06. The molecule has 0 aromatic heterocycles. The van der Waals surface area contributed by atoms with Crippen molar-refractivity contribution in [3.8, 4) is 11.1 Å². The summed E-state index contributed by atoms with van der Waals surface area (Å²) in [6, 6.07) is 15.7. The summed E-state index contributed by atoms with van der Waals surface area (Å²) < 4.78 is 6.41. The Labute approximate surface area is 153 Å². The van der Waals surface area contributed by atoms with E-state index < -0.39 is 0 Å². The third-order valence-corrected chi connectivity index (χ3v) is 4.56. The maximum Gasteiger partial charge on any atom is 0.338 e. The summed E-state index contributed by atoms with van der Waals surface area (Å²) in [6.07, 6.45) is 7.15. The smallest absolute Gasteiger partial charge is 0.338 e. The molecule has 0 heterocycles. The molecular weight excluding hydrogens is 364 g/mol. The van der Waals surface area contributed by atoms with Crippen molar-refractivity contribution in [3.63, 3.8) is 0 Å². The number of carbonyl (C=O) groups is 1. The number of carbonyl (C=O) groups excluding carboxylic acids is 1. The van der Waals surface area contributed by atoms with Crippen molar-refractivity contribution in [2.24, 2.45) is 0 Å². The zero-order valence-corrected chi connectivity index (χ0v) is 15.8. The number of unbranched alkanes of at least 4 members (excludes halogenated alkanes) is 5. The predicted octanol–water partition coefficient (Wildman–Crippen LogP) is 6.63. The Morgan fingerprint density at radius 3 is 2.00 bits per heavy atom. The summed E-state index contributed by atoms with van der Waals surface area (Å²) in [4.78, 5) is 12.0. The quantitative estimate of drug-likeness (QED) is 0.355. The minimum atomic E-state index is -0.231. The number of rotatable bonds is 9. The molecule has 2 aromatic carbocycles. The first-order valence-corrected chi connectivity index (χ1v) is 9.53. The number of esters is 1. The van der Waals surface area contributed by atoms with E-state index in [-0.39, 0.29) is 5.97 Å². The first-order chi connectivity index (χ1) is 11.7. The van der Waals surface area contributed by atoms with E-state index in [1.54, 1.807) is 0 Å². The summed E-state index contributed by atoms with van der Waals surface area (Å²) in [5, 5.41) is 0. The van der Waals surface area contributed by atoms with Crippen molar-refractivity contribution in [1.29, 1.82) is 0 Å². The molecular formula is C21H25BrO2. The fraction of sp³-hybridized carbons (Fsp3) is 0.381. The standard InChI is InChI=1S/C21H25BrO2/c1-2-3-4-5-6-7-16-24-21(23)19-10-8-17(9-11-19)18-12-14-20(22)15-13-18/h8-15H,2-7,16H2,1H3. The molecule has 0 atom stereocenters. The molecule has 2 nitrogen and oxygen atoms in total. The van der Waals surface area contributed by atoms with Crippen molar-refractivity contribution in [2.45, 2.75) is 45.4 Å². The van der Waals surface area contributed by atoms with Crippen molar-refractivity contribution in [1.82, 2.24) is 0 Å². The molecule has 0 aliphatic carbocycles. The van der Waals surface area contributed by atoms with E-state index in [1.807, 2.05) is 36.4 Å². The Morgan fingerprint density at radius 2 is 1.38 bits per heavy atom. The first kappa shape index (κ1) is 18.7. The fourth-order valence-corrected chi connectivity index (χ4v) is 2.84. The van der Waals surface area contributed by atoms with Gasteiger partial charge < -0.3 is 4.74 Å². The molecule has 0 saturated carbocycles. The minimum Gasteiger partial charge on any atom is -0.462 e. The second-order valence-corrected chi connectivity index (χ2v) is 6.90. The molecule has 0 N–H and O–H groups in total. The molecule has 0 aliphatic rings. The van der Waals surface area contributed by atoms with E-state index in [2.05, 4.69) is 35.0 Å². The van der Waals surface area contributed by atoms with E-state index >= 15 is 0 Å². The van der Waals surface area contributed by atoms with Crippen LogP contribution in [0.15, 0.2) is 53.0 Å². The monoisotopic (exact) mass is 388 g/mol. The number of hydrogen-bond donors (Lipinski definition) is 0. The van der Waals surface area contributed by atoms with Crippen LogP contribution < -0.4 is 0 Å². The van der Waals surface area contributed by atoms with Gasteiger partial charge in [-0.25, -0.2) is 4.79 Å². The highest BCUT2D eigenvalue weighted by Gasteiger charge is 2.07. The van der Waals surface area contributed by atoms with E-state index in [9.17, 15) is 4.79 Å². The lowest BCUT2D eigenvalue weighted by Gasteiger charge is -2.06. The second kappa shape index (κ2) is 10.3. The summed E-state index contributed by atoms with van der Waals surface area (Å²) in [5.74, 6) is -0.231. The van der Waals surface area contributed by atoms with Gasteiger partial charge >= 0.3 is 5.97 Å². The maximum absolute atomic E-state index is 12.0. The molecule has 24 heavy (non-hydrogen) atoms. The zero-order chi connectivity index (χ0) is 17.2. The lowest BCUT2D eigenvalue weighted by atomic mass is 10.0. The van der Waals surface area contributed by atoms with Gasteiger partial charge in [-0.3, -0.25) is 0 Å². The first-order valence-electron chi connectivity index (χ1n) is 8.74. The van der Waals surface area contributed by atoms with Crippen molar-refractivity contribution >= 4 is 21.9 Å². The van der Waals surface area contributed by atoms with Crippen LogP contribution in [0.25, 0.3) is 11.1 Å². The van der Waals surface area contributed by atoms with Crippen LogP contribution in [0.3, 0.4) is 0 Å². The average molecular weight is 389 g/mol. The van der Waals surface area contributed by atoms with Gasteiger partial charge in [-0.05, 0) is 41.8 Å². The van der Waals surface area contributed by atoms with Crippen LogP contribution in [0.4, 0.5) is 0 Å². The summed E-state index contributed by atoms with van der Waals surface area (Å²) in [6.45, 7) is 2.73. The Balaban J connectivity index is 1.78.